The Balaban J connectivity index is 1.71. The highest BCUT2D eigenvalue weighted by atomic mass is 35.5. The average Bonchev–Trinajstić information content (AvgIpc) is 2.69. The van der Waals surface area contributed by atoms with Gasteiger partial charge in [-0.3, -0.25) is 10.3 Å². The van der Waals surface area contributed by atoms with Gasteiger partial charge in [0.1, 0.15) is 0 Å². The number of thiocarbonyl (C=S) groups is 1. The lowest BCUT2D eigenvalue weighted by Crippen LogP contribution is -2.39. The number of anilines is 2. The lowest BCUT2D eigenvalue weighted by atomic mass is 10.1. The van der Waals surface area contributed by atoms with E-state index in [4.69, 9.17) is 23.8 Å². The summed E-state index contributed by atoms with van der Waals surface area (Å²) in [5, 5.41) is 10.5. The largest absolute Gasteiger partial charge is 0.332 e. The van der Waals surface area contributed by atoms with E-state index < -0.39 is 0 Å². The number of nitrogens with zero attached hydrogens (tertiary/aromatic N) is 3. The summed E-state index contributed by atoms with van der Waals surface area (Å²) in [5.74, 6) is 0.940. The summed E-state index contributed by atoms with van der Waals surface area (Å²) in [6.45, 7) is 4.40. The molecule has 0 aliphatic carbocycles. The van der Waals surface area contributed by atoms with Gasteiger partial charge >= 0.3 is 0 Å². The number of para-hydroxylation sites is 1. The second kappa shape index (κ2) is 10.7. The molecule has 0 aliphatic heterocycles. The molecule has 154 valence electrons. The van der Waals surface area contributed by atoms with Gasteiger partial charge in [-0.2, -0.15) is 0 Å². The molecule has 3 rings (SSSR count). The van der Waals surface area contributed by atoms with Crippen LogP contribution in [0.15, 0.2) is 65.7 Å². The number of benzene rings is 2. The van der Waals surface area contributed by atoms with E-state index in [9.17, 15) is 0 Å². The Morgan fingerprint density at radius 2 is 1.63 bits per heavy atom. The zero-order valence-corrected chi connectivity index (χ0v) is 18.4. The number of aromatic nitrogens is 2. The van der Waals surface area contributed by atoms with Crippen LogP contribution in [0.25, 0.3) is 0 Å². The summed E-state index contributed by atoms with van der Waals surface area (Å²) >= 11 is 11.4. The molecule has 30 heavy (non-hydrogen) atoms. The third kappa shape index (κ3) is 7.09. The molecule has 0 saturated heterocycles. The minimum absolute atomic E-state index is 0.420. The van der Waals surface area contributed by atoms with Crippen molar-refractivity contribution in [1.29, 1.82) is 0 Å². The number of hydrogen-bond acceptors (Lipinski definition) is 4. The molecule has 0 aliphatic rings. The second-order valence-corrected chi connectivity index (χ2v) is 7.50. The molecule has 0 spiro atoms. The Morgan fingerprint density at radius 3 is 2.30 bits per heavy atom. The monoisotopic (exact) mass is 438 g/mol. The van der Waals surface area contributed by atoms with Gasteiger partial charge in [-0.15, -0.1) is 0 Å². The van der Waals surface area contributed by atoms with Crippen molar-refractivity contribution in [2.24, 2.45) is 4.99 Å². The third-order valence-electron chi connectivity index (χ3n) is 4.06. The molecule has 3 aromatic rings. The number of guanidine groups is 1. The first-order valence-corrected chi connectivity index (χ1v) is 10.3. The highest BCUT2D eigenvalue weighted by Gasteiger charge is 2.07. The standard InChI is InChI=1S/C22H23ClN6S/c1-15-14-16(2)26-21(25-15)28-20(24-13-12-17-8-10-18(23)11-9-17)29-22(30)27-19-6-4-3-5-7-19/h3-11,14H,12-13H2,1-2H3,(H3,24,25,26,27,28,29,30). The molecular formula is C22H23ClN6S. The molecule has 1 heterocycles. The van der Waals surface area contributed by atoms with Crippen molar-refractivity contribution in [2.75, 3.05) is 17.2 Å². The van der Waals surface area contributed by atoms with E-state index in [1.807, 2.05) is 74.5 Å². The van der Waals surface area contributed by atoms with E-state index >= 15 is 0 Å². The van der Waals surface area contributed by atoms with Gasteiger partial charge in [0.05, 0.1) is 0 Å². The molecule has 6 nitrogen and oxygen atoms in total. The zero-order chi connectivity index (χ0) is 21.3. The van der Waals surface area contributed by atoms with Crippen molar-refractivity contribution in [1.82, 2.24) is 15.3 Å². The highest BCUT2D eigenvalue weighted by molar-refractivity contribution is 7.80. The van der Waals surface area contributed by atoms with E-state index in [-0.39, 0.29) is 0 Å². The van der Waals surface area contributed by atoms with Gasteiger partial charge < -0.3 is 10.6 Å². The topological polar surface area (TPSA) is 74.2 Å². The van der Waals surface area contributed by atoms with Crippen LogP contribution in [0.3, 0.4) is 0 Å². The molecule has 0 atom stereocenters. The van der Waals surface area contributed by atoms with E-state index in [1.54, 1.807) is 0 Å². The Bertz CT molecular complexity index is 1000. The van der Waals surface area contributed by atoms with Crippen LogP contribution in [-0.2, 0) is 6.42 Å². The first-order valence-electron chi connectivity index (χ1n) is 9.49. The quantitative estimate of drug-likeness (QED) is 0.303. The summed E-state index contributed by atoms with van der Waals surface area (Å²) in [5.41, 5.74) is 3.78. The van der Waals surface area contributed by atoms with Crippen molar-refractivity contribution in [2.45, 2.75) is 20.3 Å². The van der Waals surface area contributed by atoms with Crippen LogP contribution in [0.2, 0.25) is 5.02 Å². The summed E-state index contributed by atoms with van der Waals surface area (Å²) in [4.78, 5) is 13.5. The molecule has 0 amide bonds. The molecular weight excluding hydrogens is 416 g/mol. The van der Waals surface area contributed by atoms with Gasteiger partial charge in [0.15, 0.2) is 5.11 Å². The molecule has 0 fully saturated rings. The van der Waals surface area contributed by atoms with Crippen molar-refractivity contribution in [3.05, 3.63) is 82.6 Å². The van der Waals surface area contributed by atoms with Crippen LogP contribution >= 0.6 is 23.8 Å². The van der Waals surface area contributed by atoms with Crippen LogP contribution < -0.4 is 16.0 Å². The maximum Gasteiger partial charge on any atom is 0.229 e. The first-order chi connectivity index (χ1) is 14.5. The Labute approximate surface area is 186 Å². The zero-order valence-electron chi connectivity index (χ0n) is 16.8. The number of aliphatic imine (C=N–C) groups is 1. The minimum atomic E-state index is 0.420. The van der Waals surface area contributed by atoms with Crippen LogP contribution in [0, 0.1) is 13.8 Å². The predicted molar refractivity (Wildman–Crippen MR) is 128 cm³/mol. The van der Waals surface area contributed by atoms with Gasteiger partial charge in [-0.05, 0) is 68.4 Å². The van der Waals surface area contributed by atoms with Crippen LogP contribution in [0.4, 0.5) is 11.6 Å². The van der Waals surface area contributed by atoms with Gasteiger partial charge in [0.2, 0.25) is 11.9 Å². The van der Waals surface area contributed by atoms with E-state index in [1.165, 1.54) is 0 Å². The van der Waals surface area contributed by atoms with E-state index in [0.717, 1.165) is 34.1 Å². The fourth-order valence-corrected chi connectivity index (χ4v) is 3.08. The van der Waals surface area contributed by atoms with E-state index in [2.05, 4.69) is 30.9 Å². The van der Waals surface area contributed by atoms with Gasteiger partial charge in [-0.1, -0.05) is 41.9 Å². The number of halogens is 1. The molecule has 0 bridgehead atoms. The number of rotatable bonds is 5. The van der Waals surface area contributed by atoms with Crippen LogP contribution in [0.5, 0.6) is 0 Å². The van der Waals surface area contributed by atoms with E-state index in [0.29, 0.717) is 23.6 Å². The van der Waals surface area contributed by atoms with Crippen molar-refractivity contribution in [3.8, 4) is 0 Å². The van der Waals surface area contributed by atoms with Crippen molar-refractivity contribution >= 4 is 46.5 Å². The Kier molecular flexibility index (Phi) is 7.70. The fourth-order valence-electron chi connectivity index (χ4n) is 2.74. The summed E-state index contributed by atoms with van der Waals surface area (Å²) < 4.78 is 0. The lowest BCUT2D eigenvalue weighted by molar-refractivity contribution is 0.956. The first kappa shape index (κ1) is 21.7. The maximum atomic E-state index is 5.95. The summed E-state index contributed by atoms with van der Waals surface area (Å²) in [6, 6.07) is 19.3. The molecule has 8 heteroatoms. The number of nitrogens with one attached hydrogen (secondary N) is 3. The number of hydrogen-bond donors (Lipinski definition) is 3. The second-order valence-electron chi connectivity index (χ2n) is 6.65. The molecule has 3 N–H and O–H groups in total. The average molecular weight is 439 g/mol. The summed E-state index contributed by atoms with van der Waals surface area (Å²) in [6.07, 6.45) is 0.761. The SMILES string of the molecule is Cc1cc(C)nc(NC(=NCCc2ccc(Cl)cc2)NC(=S)Nc2ccccc2)n1. The lowest BCUT2D eigenvalue weighted by Gasteiger charge is -2.14. The molecule has 2 aromatic carbocycles. The molecule has 0 saturated carbocycles. The fraction of sp³-hybridized carbons (Fsp3) is 0.182. The maximum absolute atomic E-state index is 5.95. The van der Waals surface area contributed by atoms with Crippen molar-refractivity contribution < 1.29 is 0 Å². The van der Waals surface area contributed by atoms with Gasteiger partial charge in [0.25, 0.3) is 0 Å². The normalized spacial score (nSPS) is 11.1. The smallest absolute Gasteiger partial charge is 0.229 e. The highest BCUT2D eigenvalue weighted by Crippen LogP contribution is 2.10. The van der Waals surface area contributed by atoms with Crippen LogP contribution in [-0.4, -0.2) is 27.6 Å². The molecule has 1 aromatic heterocycles. The van der Waals surface area contributed by atoms with Gasteiger partial charge in [-0.25, -0.2) is 9.97 Å². The summed E-state index contributed by atoms with van der Waals surface area (Å²) in [7, 11) is 0. The van der Waals surface area contributed by atoms with Gasteiger partial charge in [0, 0.05) is 28.6 Å². The Morgan fingerprint density at radius 1 is 0.967 bits per heavy atom. The number of aryl methyl sites for hydroxylation is 2. The minimum Gasteiger partial charge on any atom is -0.332 e. The Hall–Kier alpha value is -3.03. The molecule has 0 radical (unpaired) electrons. The van der Waals surface area contributed by atoms with Crippen LogP contribution in [0.1, 0.15) is 17.0 Å². The predicted octanol–water partition coefficient (Wildman–Crippen LogP) is 4.74. The van der Waals surface area contributed by atoms with Crippen molar-refractivity contribution in [3.63, 3.8) is 0 Å². The third-order valence-corrected chi connectivity index (χ3v) is 4.52. The molecule has 0 unspecified atom stereocenters.